The van der Waals surface area contributed by atoms with Crippen molar-refractivity contribution in [1.82, 2.24) is 0 Å². The van der Waals surface area contributed by atoms with Crippen LogP contribution in [0, 0.1) is 13.8 Å². The van der Waals surface area contributed by atoms with Crippen molar-refractivity contribution in [2.75, 3.05) is 4.72 Å². The zero-order chi connectivity index (χ0) is 28.8. The molecule has 2 N–H and O–H groups in total. The molecule has 0 aliphatic heterocycles. The van der Waals surface area contributed by atoms with Gasteiger partial charge in [0, 0.05) is 0 Å². The van der Waals surface area contributed by atoms with E-state index in [1.165, 1.54) is 30.3 Å². The number of phenolic OH excluding ortho intramolecular Hbond substituents is 1. The molecular weight excluding hydrogens is 616 g/mol. The van der Waals surface area contributed by atoms with E-state index in [9.17, 15) is 39.5 Å². The largest absolute Gasteiger partial charge is 1.00 e. The molecule has 0 bridgehead atoms. The summed E-state index contributed by atoms with van der Waals surface area (Å²) in [6.45, 7) is 3.41. The van der Waals surface area contributed by atoms with E-state index in [1.807, 2.05) is 0 Å². The van der Waals surface area contributed by atoms with Crippen molar-refractivity contribution in [2.45, 2.75) is 28.5 Å². The van der Waals surface area contributed by atoms with Crippen LogP contribution in [0.2, 0.25) is 0 Å². The Morgan fingerprint density at radius 1 is 0.756 bits per heavy atom. The maximum absolute atomic E-state index is 13.1. The molecule has 0 aromatic heterocycles. The van der Waals surface area contributed by atoms with Crippen molar-refractivity contribution in [1.29, 1.82) is 0 Å². The molecule has 4 aromatic rings. The second-order valence-corrected chi connectivity index (χ2v) is 12.9. The Morgan fingerprint density at radius 2 is 1.37 bits per heavy atom. The predicted octanol–water partition coefficient (Wildman–Crippen LogP) is -1.81. The van der Waals surface area contributed by atoms with Gasteiger partial charge in [0.2, 0.25) is 0 Å². The minimum absolute atomic E-state index is 0. The quantitative estimate of drug-likeness (QED) is 0.133. The number of fused-ring (bicyclic) bond motifs is 1. The normalized spacial score (nSPS) is 12.1. The fourth-order valence-electron chi connectivity index (χ4n) is 3.67. The number of hydrogen-bond acceptors (Lipinski definition) is 11. The minimum atomic E-state index is -5.34. The Kier molecular flexibility index (Phi) is 11.3. The number of nitrogens with zero attached hydrogens (tertiary/aromatic N) is 2. The summed E-state index contributed by atoms with van der Waals surface area (Å²) in [4.78, 5) is -2.24. The Labute approximate surface area is 281 Å². The van der Waals surface area contributed by atoms with Crippen molar-refractivity contribution in [3.63, 3.8) is 0 Å². The summed E-state index contributed by atoms with van der Waals surface area (Å²) < 4.78 is 100.0. The number of rotatable bonds is 7. The van der Waals surface area contributed by atoms with Gasteiger partial charge in [0.25, 0.3) is 10.0 Å². The van der Waals surface area contributed by atoms with Crippen molar-refractivity contribution in [3.05, 3.63) is 77.9 Å². The Balaban J connectivity index is 0.00000294. The summed E-state index contributed by atoms with van der Waals surface area (Å²) in [6.07, 6.45) is 0. The first-order valence-corrected chi connectivity index (χ1v) is 15.2. The second-order valence-electron chi connectivity index (χ2n) is 8.45. The van der Waals surface area contributed by atoms with Crippen LogP contribution in [0.25, 0.3) is 10.8 Å². The zero-order valence-corrected chi connectivity index (χ0v) is 28.6. The monoisotopic (exact) mass is 635 g/mol. The number of benzene rings is 4. The van der Waals surface area contributed by atoms with Crippen LogP contribution in [-0.4, -0.2) is 39.5 Å². The standard InChI is InChI=1S/C24H21N3O9S3.2Na/c1-14-7-9-17(10-8-14)37(29,30)27-20-13-18(38(31,32)33)11-16-12-21(39(34,35)36)23(24(28)22(16)20)26-25-19-6-4-3-5-15(19)2;;/h3-13,27-28H,1-2H3,(H,31,32,33)(H,34,35,36);;/q;2*+1/p-2. The number of aromatic hydroxyl groups is 1. The van der Waals surface area contributed by atoms with Crippen LogP contribution in [0.5, 0.6) is 5.75 Å². The predicted molar refractivity (Wildman–Crippen MR) is 139 cm³/mol. The minimum Gasteiger partial charge on any atom is -0.744 e. The second kappa shape index (κ2) is 13.2. The van der Waals surface area contributed by atoms with E-state index in [2.05, 4.69) is 15.0 Å². The maximum Gasteiger partial charge on any atom is 1.00 e. The van der Waals surface area contributed by atoms with Crippen molar-refractivity contribution < 1.29 is 98.6 Å². The summed E-state index contributed by atoms with van der Waals surface area (Å²) in [5.74, 6) is -0.990. The van der Waals surface area contributed by atoms with Gasteiger partial charge in [-0.15, -0.1) is 5.11 Å². The summed E-state index contributed by atoms with van der Waals surface area (Å²) >= 11 is 0. The van der Waals surface area contributed by atoms with Crippen LogP contribution in [0.3, 0.4) is 0 Å². The Morgan fingerprint density at radius 3 is 1.93 bits per heavy atom. The summed E-state index contributed by atoms with van der Waals surface area (Å²) in [6, 6.07) is 14.2. The third-order valence-electron chi connectivity index (χ3n) is 5.63. The molecule has 4 aromatic carbocycles. The number of hydrogen-bond donors (Lipinski definition) is 2. The van der Waals surface area contributed by atoms with Gasteiger partial charge in [-0.25, -0.2) is 25.3 Å². The van der Waals surface area contributed by atoms with Crippen LogP contribution in [0.15, 0.2) is 91.6 Å². The fraction of sp³-hybridized carbons (Fsp3) is 0.0833. The first-order valence-electron chi connectivity index (χ1n) is 10.9. The Hall–Kier alpha value is -1.89. The van der Waals surface area contributed by atoms with Gasteiger partial charge < -0.3 is 14.2 Å². The number of anilines is 1. The molecule has 0 atom stereocenters. The van der Waals surface area contributed by atoms with Crippen LogP contribution in [0.1, 0.15) is 11.1 Å². The average molecular weight is 636 g/mol. The molecule has 204 valence electrons. The summed E-state index contributed by atoms with van der Waals surface area (Å²) in [7, 11) is -14.9. The molecule has 17 heteroatoms. The molecule has 0 aliphatic rings. The van der Waals surface area contributed by atoms with Gasteiger partial charge in [-0.05, 0) is 61.2 Å². The molecule has 0 saturated heterocycles. The van der Waals surface area contributed by atoms with Crippen molar-refractivity contribution in [2.24, 2.45) is 10.2 Å². The molecule has 41 heavy (non-hydrogen) atoms. The van der Waals surface area contributed by atoms with Gasteiger partial charge in [0.15, 0.2) is 5.75 Å². The molecule has 0 unspecified atom stereocenters. The van der Waals surface area contributed by atoms with Gasteiger partial charge in [-0.2, -0.15) is 5.11 Å². The first-order chi connectivity index (χ1) is 18.1. The van der Waals surface area contributed by atoms with Gasteiger partial charge >= 0.3 is 59.1 Å². The molecule has 0 radical (unpaired) electrons. The molecule has 0 spiro atoms. The average Bonchev–Trinajstić information content (AvgIpc) is 2.82. The molecule has 0 fully saturated rings. The molecule has 0 aliphatic carbocycles. The van der Waals surface area contributed by atoms with Gasteiger partial charge in [-0.3, -0.25) is 4.72 Å². The van der Waals surface area contributed by atoms with Crippen molar-refractivity contribution >= 4 is 58.1 Å². The number of azo groups is 1. The van der Waals surface area contributed by atoms with Crippen LogP contribution in [0.4, 0.5) is 17.1 Å². The van der Waals surface area contributed by atoms with Gasteiger partial charge in [-0.1, -0.05) is 35.9 Å². The van der Waals surface area contributed by atoms with E-state index < -0.39 is 67.9 Å². The molecule has 0 saturated carbocycles. The molecule has 0 heterocycles. The fourth-order valence-corrected chi connectivity index (χ4v) is 5.91. The maximum atomic E-state index is 13.1. The third kappa shape index (κ3) is 7.94. The van der Waals surface area contributed by atoms with Gasteiger partial charge in [0.05, 0.1) is 31.4 Å². The topological polar surface area (TPSA) is 206 Å². The van der Waals surface area contributed by atoms with E-state index in [4.69, 9.17) is 0 Å². The van der Waals surface area contributed by atoms with Crippen LogP contribution < -0.4 is 63.8 Å². The summed E-state index contributed by atoms with van der Waals surface area (Å²) in [5, 5.41) is 17.9. The van der Waals surface area contributed by atoms with E-state index in [0.717, 1.165) is 5.56 Å². The molecule has 4 rings (SSSR count). The Bertz CT molecular complexity index is 1980. The SMILES string of the molecule is Cc1ccc(S(=O)(=O)Nc2cc(S(=O)(=O)[O-])cc3cc(S(=O)(=O)[O-])c(N=Nc4ccccc4C)c(O)c23)cc1.[Na+].[Na+]. The van der Waals surface area contributed by atoms with E-state index >= 15 is 0 Å². The first kappa shape index (κ1) is 35.3. The molecule has 12 nitrogen and oxygen atoms in total. The van der Waals surface area contributed by atoms with E-state index in [-0.39, 0.29) is 69.7 Å². The zero-order valence-electron chi connectivity index (χ0n) is 22.2. The van der Waals surface area contributed by atoms with Crippen LogP contribution >= 0.6 is 0 Å². The number of nitrogens with one attached hydrogen (secondary N) is 1. The van der Waals surface area contributed by atoms with Crippen molar-refractivity contribution in [3.8, 4) is 5.75 Å². The molecular formula is C24H19N3Na2O9S3. The smallest absolute Gasteiger partial charge is 0.744 e. The van der Waals surface area contributed by atoms with Crippen LogP contribution in [-0.2, 0) is 30.3 Å². The third-order valence-corrected chi connectivity index (χ3v) is 8.67. The number of aryl methyl sites for hydroxylation is 2. The number of sulfonamides is 1. The number of phenols is 1. The van der Waals surface area contributed by atoms with E-state index in [1.54, 1.807) is 32.0 Å². The van der Waals surface area contributed by atoms with Gasteiger partial charge in [0.1, 0.15) is 25.9 Å². The summed E-state index contributed by atoms with van der Waals surface area (Å²) in [5.41, 5.74) is 0.271. The molecule has 0 amide bonds. The van der Waals surface area contributed by atoms with E-state index in [0.29, 0.717) is 23.8 Å².